The van der Waals surface area contributed by atoms with Gasteiger partial charge in [0.05, 0.1) is 18.8 Å². The molecule has 0 spiro atoms. The smallest absolute Gasteiger partial charge is 0.308 e. The van der Waals surface area contributed by atoms with E-state index in [2.05, 4.69) is 0 Å². The van der Waals surface area contributed by atoms with Gasteiger partial charge in [-0.3, -0.25) is 4.79 Å². The predicted octanol–water partition coefficient (Wildman–Crippen LogP) is 2.36. The van der Waals surface area contributed by atoms with Gasteiger partial charge in [0.1, 0.15) is 5.75 Å². The average molecular weight is 294 g/mol. The van der Waals surface area contributed by atoms with E-state index in [0.717, 1.165) is 36.8 Å². The third-order valence-electron chi connectivity index (χ3n) is 3.37. The van der Waals surface area contributed by atoms with Crippen molar-refractivity contribution in [3.05, 3.63) is 29.3 Å². The molecule has 5 heteroatoms. The topological polar surface area (TPSA) is 65.0 Å². The maximum atomic E-state index is 11.3. The molecule has 0 amide bonds. The van der Waals surface area contributed by atoms with Gasteiger partial charge >= 0.3 is 5.97 Å². The van der Waals surface area contributed by atoms with Gasteiger partial charge in [-0.15, -0.1) is 0 Å². The van der Waals surface area contributed by atoms with E-state index in [1.54, 1.807) is 6.07 Å². The molecular weight excluding hydrogens is 272 g/mol. The van der Waals surface area contributed by atoms with Crippen LogP contribution in [-0.2, 0) is 20.7 Å². The fourth-order valence-electron chi connectivity index (χ4n) is 2.45. The highest BCUT2D eigenvalue weighted by Gasteiger charge is 2.25. The summed E-state index contributed by atoms with van der Waals surface area (Å²) in [5, 5.41) is 8.84. The summed E-state index contributed by atoms with van der Waals surface area (Å²) in [5.74, 6) is 0.153. The molecule has 0 saturated carbocycles. The Labute approximate surface area is 124 Å². The van der Waals surface area contributed by atoms with Crippen molar-refractivity contribution in [1.82, 2.24) is 0 Å². The van der Waals surface area contributed by atoms with Gasteiger partial charge in [0.25, 0.3) is 0 Å². The molecule has 21 heavy (non-hydrogen) atoms. The standard InChI is InChI=1S/C16H22O5/c1-12(18)21-14-8-5-7-13(6-3-2-4-9-17)15(14)16-19-10-11-20-16/h5,7-8,16-17H,2-4,6,9-11H2,1H3. The molecule has 1 N–H and O–H groups in total. The van der Waals surface area contributed by atoms with Crippen molar-refractivity contribution in [2.24, 2.45) is 0 Å². The molecule has 1 fully saturated rings. The van der Waals surface area contributed by atoms with Crippen molar-refractivity contribution in [2.45, 2.75) is 38.9 Å². The third-order valence-corrected chi connectivity index (χ3v) is 3.37. The molecular formula is C16H22O5. The van der Waals surface area contributed by atoms with E-state index in [0.29, 0.717) is 19.0 Å². The third kappa shape index (κ3) is 4.52. The van der Waals surface area contributed by atoms with Crippen molar-refractivity contribution >= 4 is 5.97 Å². The second-order valence-corrected chi connectivity index (χ2v) is 5.03. The number of hydrogen-bond acceptors (Lipinski definition) is 5. The van der Waals surface area contributed by atoms with Crippen molar-refractivity contribution < 1.29 is 24.1 Å². The number of carbonyl (C=O) groups excluding carboxylic acids is 1. The van der Waals surface area contributed by atoms with E-state index in [4.69, 9.17) is 19.3 Å². The fraction of sp³-hybridized carbons (Fsp3) is 0.562. The molecule has 2 rings (SSSR count). The lowest BCUT2D eigenvalue weighted by atomic mass is 10.00. The molecule has 1 aliphatic heterocycles. The second kappa shape index (κ2) is 8.12. The van der Waals surface area contributed by atoms with Crippen LogP contribution in [0.2, 0.25) is 0 Å². The summed E-state index contributed by atoms with van der Waals surface area (Å²) in [4.78, 5) is 11.3. The summed E-state index contributed by atoms with van der Waals surface area (Å²) in [7, 11) is 0. The van der Waals surface area contributed by atoms with Gasteiger partial charge in [-0.05, 0) is 30.9 Å². The van der Waals surface area contributed by atoms with E-state index < -0.39 is 6.29 Å². The normalized spacial score (nSPS) is 15.3. The summed E-state index contributed by atoms with van der Waals surface area (Å²) in [6.07, 6.45) is 3.10. The van der Waals surface area contributed by atoms with Crippen molar-refractivity contribution in [1.29, 1.82) is 0 Å². The second-order valence-electron chi connectivity index (χ2n) is 5.03. The van der Waals surface area contributed by atoms with Crippen LogP contribution in [0.5, 0.6) is 5.75 Å². The molecule has 0 aliphatic carbocycles. The van der Waals surface area contributed by atoms with Gasteiger partial charge in [0.15, 0.2) is 6.29 Å². The Balaban J connectivity index is 2.18. The molecule has 0 unspecified atom stereocenters. The van der Waals surface area contributed by atoms with Crippen molar-refractivity contribution in [2.75, 3.05) is 19.8 Å². The van der Waals surface area contributed by atoms with Crippen LogP contribution in [0.1, 0.15) is 43.6 Å². The molecule has 1 aromatic rings. The Kier molecular flexibility index (Phi) is 6.17. The van der Waals surface area contributed by atoms with E-state index in [9.17, 15) is 4.79 Å². The summed E-state index contributed by atoms with van der Waals surface area (Å²) in [6, 6.07) is 5.64. The average Bonchev–Trinajstić information content (AvgIpc) is 2.97. The number of aliphatic hydroxyl groups is 1. The first-order valence-corrected chi connectivity index (χ1v) is 7.36. The van der Waals surface area contributed by atoms with Gasteiger partial charge in [0.2, 0.25) is 0 Å². The van der Waals surface area contributed by atoms with Crippen LogP contribution >= 0.6 is 0 Å². The van der Waals surface area contributed by atoms with E-state index >= 15 is 0 Å². The highest BCUT2D eigenvalue weighted by atomic mass is 16.7. The van der Waals surface area contributed by atoms with Crippen LogP contribution < -0.4 is 4.74 Å². The largest absolute Gasteiger partial charge is 0.426 e. The first kappa shape index (κ1) is 15.9. The molecule has 1 saturated heterocycles. The zero-order valence-corrected chi connectivity index (χ0v) is 12.3. The summed E-state index contributed by atoms with van der Waals surface area (Å²) in [5.41, 5.74) is 1.88. The zero-order valence-electron chi connectivity index (χ0n) is 12.3. The summed E-state index contributed by atoms with van der Waals surface area (Å²) in [6.45, 7) is 2.69. The van der Waals surface area contributed by atoms with Gasteiger partial charge in [-0.25, -0.2) is 0 Å². The van der Waals surface area contributed by atoms with Gasteiger partial charge < -0.3 is 19.3 Å². The number of ether oxygens (including phenoxy) is 3. The summed E-state index contributed by atoms with van der Waals surface area (Å²) < 4.78 is 16.4. The monoisotopic (exact) mass is 294 g/mol. The van der Waals surface area contributed by atoms with Crippen molar-refractivity contribution in [3.63, 3.8) is 0 Å². The Morgan fingerprint density at radius 1 is 1.29 bits per heavy atom. The van der Waals surface area contributed by atoms with Crippen molar-refractivity contribution in [3.8, 4) is 5.75 Å². The SMILES string of the molecule is CC(=O)Oc1cccc(CCCCCO)c1C1OCCO1. The number of benzene rings is 1. The molecule has 116 valence electrons. The molecule has 5 nitrogen and oxygen atoms in total. The Hall–Kier alpha value is -1.43. The quantitative estimate of drug-likeness (QED) is 0.475. The van der Waals surface area contributed by atoms with Crippen LogP contribution in [0, 0.1) is 0 Å². The molecule has 1 heterocycles. The Morgan fingerprint density at radius 3 is 2.71 bits per heavy atom. The van der Waals surface area contributed by atoms with Crippen LogP contribution in [0.25, 0.3) is 0 Å². The highest BCUT2D eigenvalue weighted by Crippen LogP contribution is 2.35. The van der Waals surface area contributed by atoms with E-state index in [1.165, 1.54) is 6.92 Å². The first-order chi connectivity index (χ1) is 10.2. The summed E-state index contributed by atoms with van der Waals surface area (Å²) >= 11 is 0. The Bertz CT molecular complexity index is 466. The molecule has 0 radical (unpaired) electrons. The Morgan fingerprint density at radius 2 is 2.05 bits per heavy atom. The first-order valence-electron chi connectivity index (χ1n) is 7.36. The maximum absolute atomic E-state index is 11.3. The zero-order chi connectivity index (χ0) is 15.1. The van der Waals surface area contributed by atoms with E-state index in [-0.39, 0.29) is 12.6 Å². The lowest BCUT2D eigenvalue weighted by molar-refractivity contribution is -0.132. The van der Waals surface area contributed by atoms with Crippen LogP contribution in [-0.4, -0.2) is 30.9 Å². The number of unbranched alkanes of at least 4 members (excludes halogenated alkanes) is 2. The van der Waals surface area contributed by atoms with Crippen LogP contribution in [0.15, 0.2) is 18.2 Å². The number of aliphatic hydroxyl groups excluding tert-OH is 1. The highest BCUT2D eigenvalue weighted by molar-refractivity contribution is 5.70. The van der Waals surface area contributed by atoms with E-state index in [1.807, 2.05) is 12.1 Å². The maximum Gasteiger partial charge on any atom is 0.308 e. The molecule has 1 aromatic carbocycles. The molecule has 0 aromatic heterocycles. The lowest BCUT2D eigenvalue weighted by Crippen LogP contribution is -2.10. The number of carbonyl (C=O) groups is 1. The molecule has 0 bridgehead atoms. The number of esters is 1. The minimum atomic E-state index is -0.464. The van der Waals surface area contributed by atoms with Crippen LogP contribution in [0.3, 0.4) is 0 Å². The van der Waals surface area contributed by atoms with Gasteiger partial charge in [-0.1, -0.05) is 18.6 Å². The number of rotatable bonds is 7. The molecule has 0 atom stereocenters. The lowest BCUT2D eigenvalue weighted by Gasteiger charge is -2.18. The number of hydrogen-bond donors (Lipinski definition) is 1. The predicted molar refractivity (Wildman–Crippen MR) is 77.0 cm³/mol. The fourth-order valence-corrected chi connectivity index (χ4v) is 2.45. The van der Waals surface area contributed by atoms with Gasteiger partial charge in [-0.2, -0.15) is 0 Å². The molecule has 1 aliphatic rings. The minimum Gasteiger partial charge on any atom is -0.426 e. The minimum absolute atomic E-state index is 0.217. The van der Waals surface area contributed by atoms with Gasteiger partial charge in [0, 0.05) is 13.5 Å². The number of aryl methyl sites for hydroxylation is 1. The van der Waals surface area contributed by atoms with Crippen LogP contribution in [0.4, 0.5) is 0 Å².